The highest BCUT2D eigenvalue weighted by Gasteiger charge is 2.14. The highest BCUT2D eigenvalue weighted by Crippen LogP contribution is 1.91. The zero-order chi connectivity index (χ0) is 7.56. The Morgan fingerprint density at radius 2 is 2.78 bits per heavy atom. The van der Waals surface area contributed by atoms with Gasteiger partial charge in [0.25, 0.3) is 0 Å². The summed E-state index contributed by atoms with van der Waals surface area (Å²) in [6.45, 7) is 3.40. The lowest BCUT2D eigenvalue weighted by Gasteiger charge is -2.25. The summed E-state index contributed by atoms with van der Waals surface area (Å²) in [5, 5.41) is 2.77. The summed E-state index contributed by atoms with van der Waals surface area (Å²) in [6.07, 6.45) is 0. The fourth-order valence-corrected chi connectivity index (χ4v) is 0.874. The van der Waals surface area contributed by atoms with Crippen LogP contribution in [-0.4, -0.2) is 37.0 Å². The molecule has 0 aromatic carbocycles. The van der Waals surface area contributed by atoms with Gasteiger partial charge in [-0.15, -0.1) is 0 Å². The molecule has 1 unspecified atom stereocenters. The summed E-state index contributed by atoms with van der Waals surface area (Å²) < 4.78 is 7.21. The smallest absolute Gasteiger partial charge is 0.236 e. The van der Waals surface area contributed by atoms with E-state index in [0.29, 0.717) is 0 Å². The van der Waals surface area contributed by atoms with Crippen LogP contribution in [0.4, 0.5) is 0 Å². The fourth-order valence-electron chi connectivity index (χ4n) is 0.874. The second kappa shape index (κ2) is 2.82. The molecule has 0 bridgehead atoms. The first-order valence-corrected chi connectivity index (χ1v) is 3.20. The number of piperazine rings is 1. The quantitative estimate of drug-likeness (QED) is 0.514. The van der Waals surface area contributed by atoms with Gasteiger partial charge in [-0.1, -0.05) is 0 Å². The SMILES string of the molecule is [2H]C1NCCN(CC)C1=O. The maximum absolute atomic E-state index is 11.0. The molecule has 1 atom stereocenters. The first-order chi connectivity index (χ1) is 4.75. The van der Waals surface area contributed by atoms with Crippen molar-refractivity contribution in [1.82, 2.24) is 10.2 Å². The van der Waals surface area contributed by atoms with Crippen molar-refractivity contribution in [3.8, 4) is 0 Å². The Bertz CT molecular complexity index is 140. The van der Waals surface area contributed by atoms with E-state index in [0.717, 1.165) is 19.6 Å². The van der Waals surface area contributed by atoms with Crippen molar-refractivity contribution in [3.63, 3.8) is 0 Å². The molecular weight excluding hydrogens is 116 g/mol. The lowest BCUT2D eigenvalue weighted by Crippen LogP contribution is -2.47. The monoisotopic (exact) mass is 129 g/mol. The molecular formula is C6H12N2O. The molecule has 3 nitrogen and oxygen atoms in total. The number of carbonyl (C=O) groups excluding carboxylic acids is 1. The summed E-state index contributed by atoms with van der Waals surface area (Å²) in [7, 11) is 0. The Morgan fingerprint density at radius 1 is 2.00 bits per heavy atom. The van der Waals surface area contributed by atoms with Crippen LogP contribution >= 0.6 is 0 Å². The lowest BCUT2D eigenvalue weighted by atomic mass is 10.3. The van der Waals surface area contributed by atoms with E-state index >= 15 is 0 Å². The third-order valence-electron chi connectivity index (χ3n) is 1.44. The van der Waals surface area contributed by atoms with Gasteiger partial charge in [-0.2, -0.15) is 0 Å². The van der Waals surface area contributed by atoms with Crippen LogP contribution in [0.25, 0.3) is 0 Å². The normalized spacial score (nSPS) is 30.3. The average Bonchev–Trinajstić information content (AvgIpc) is 1.95. The zero-order valence-corrected chi connectivity index (χ0v) is 5.55. The standard InChI is InChI=1S/C6H12N2O/c1-2-8-4-3-7-5-6(8)9/h7H,2-5H2,1H3/i5D. The van der Waals surface area contributed by atoms with Crippen molar-refractivity contribution < 1.29 is 6.17 Å². The Morgan fingerprint density at radius 3 is 3.33 bits per heavy atom. The second-order valence-corrected chi connectivity index (χ2v) is 2.02. The first kappa shape index (κ1) is 5.23. The number of hydrogen-bond acceptors (Lipinski definition) is 2. The van der Waals surface area contributed by atoms with Gasteiger partial charge in [-0.3, -0.25) is 4.79 Å². The number of hydrogen-bond donors (Lipinski definition) is 1. The molecule has 1 fully saturated rings. The molecule has 0 aromatic heterocycles. The van der Waals surface area contributed by atoms with Crippen molar-refractivity contribution in [3.05, 3.63) is 0 Å². The molecule has 0 spiro atoms. The molecule has 52 valence electrons. The molecule has 1 amide bonds. The van der Waals surface area contributed by atoms with E-state index in [1.54, 1.807) is 4.90 Å². The predicted molar refractivity (Wildman–Crippen MR) is 35.1 cm³/mol. The van der Waals surface area contributed by atoms with Gasteiger partial charge in [0, 0.05) is 19.6 Å². The molecule has 0 saturated carbocycles. The summed E-state index contributed by atoms with van der Waals surface area (Å²) in [6, 6.07) is 0. The van der Waals surface area contributed by atoms with Gasteiger partial charge < -0.3 is 10.2 Å². The predicted octanol–water partition coefficient (Wildman–Crippen LogP) is -0.562. The molecule has 0 aromatic rings. The summed E-state index contributed by atoms with van der Waals surface area (Å²) in [5.74, 6) is -0.103. The number of rotatable bonds is 1. The lowest BCUT2D eigenvalue weighted by molar-refractivity contribution is -0.131. The maximum Gasteiger partial charge on any atom is 0.236 e. The highest BCUT2D eigenvalue weighted by molar-refractivity contribution is 5.78. The van der Waals surface area contributed by atoms with Gasteiger partial charge in [0.15, 0.2) is 0 Å². The van der Waals surface area contributed by atoms with E-state index in [2.05, 4.69) is 5.32 Å². The van der Waals surface area contributed by atoms with Gasteiger partial charge >= 0.3 is 0 Å². The van der Waals surface area contributed by atoms with Crippen molar-refractivity contribution in [2.24, 2.45) is 0 Å². The van der Waals surface area contributed by atoms with Gasteiger partial charge in [-0.05, 0) is 6.92 Å². The molecule has 1 N–H and O–H groups in total. The number of amides is 1. The third-order valence-corrected chi connectivity index (χ3v) is 1.44. The molecule has 1 aliphatic rings. The topological polar surface area (TPSA) is 32.3 Å². The van der Waals surface area contributed by atoms with Crippen LogP contribution in [0.2, 0.25) is 0 Å². The first-order valence-electron chi connectivity index (χ1n) is 3.78. The highest BCUT2D eigenvalue weighted by atomic mass is 16.2. The Labute approximate surface area is 56.4 Å². The van der Waals surface area contributed by atoms with Gasteiger partial charge in [-0.25, -0.2) is 0 Å². The van der Waals surface area contributed by atoms with Crippen molar-refractivity contribution in [1.29, 1.82) is 0 Å². The minimum atomic E-state index is -0.728. The fraction of sp³-hybridized carbons (Fsp3) is 0.833. The van der Waals surface area contributed by atoms with E-state index in [4.69, 9.17) is 1.37 Å². The molecule has 1 heterocycles. The molecule has 1 saturated heterocycles. The van der Waals surface area contributed by atoms with Crippen molar-refractivity contribution in [2.45, 2.75) is 6.92 Å². The van der Waals surface area contributed by atoms with Gasteiger partial charge in [0.2, 0.25) is 5.91 Å². The summed E-state index contributed by atoms with van der Waals surface area (Å²) in [4.78, 5) is 12.7. The van der Waals surface area contributed by atoms with E-state index in [9.17, 15) is 4.79 Å². The minimum absolute atomic E-state index is 0.103. The van der Waals surface area contributed by atoms with Crippen LogP contribution in [0.5, 0.6) is 0 Å². The Hall–Kier alpha value is -0.570. The molecule has 0 aliphatic carbocycles. The molecule has 9 heavy (non-hydrogen) atoms. The largest absolute Gasteiger partial charge is 0.341 e. The van der Waals surface area contributed by atoms with Crippen LogP contribution in [0.1, 0.15) is 8.29 Å². The van der Waals surface area contributed by atoms with E-state index in [-0.39, 0.29) is 5.91 Å². The maximum atomic E-state index is 11.0. The van der Waals surface area contributed by atoms with E-state index in [1.807, 2.05) is 6.92 Å². The molecule has 1 rings (SSSR count). The molecule has 3 heteroatoms. The van der Waals surface area contributed by atoms with E-state index < -0.39 is 6.52 Å². The second-order valence-electron chi connectivity index (χ2n) is 2.02. The summed E-state index contributed by atoms with van der Waals surface area (Å²) in [5.41, 5.74) is 0. The van der Waals surface area contributed by atoms with Crippen molar-refractivity contribution >= 4 is 5.91 Å². The van der Waals surface area contributed by atoms with Gasteiger partial charge in [0.1, 0.15) is 0 Å². The van der Waals surface area contributed by atoms with Crippen molar-refractivity contribution in [2.75, 3.05) is 26.2 Å². The number of carbonyl (C=O) groups is 1. The van der Waals surface area contributed by atoms with Crippen LogP contribution in [0.3, 0.4) is 0 Å². The number of likely N-dealkylation sites (N-methyl/N-ethyl adjacent to an activating group) is 1. The Kier molecular flexibility index (Phi) is 1.64. The Balaban J connectivity index is 2.51. The summed E-state index contributed by atoms with van der Waals surface area (Å²) >= 11 is 0. The molecule has 0 radical (unpaired) electrons. The average molecular weight is 129 g/mol. The minimum Gasteiger partial charge on any atom is -0.341 e. The van der Waals surface area contributed by atoms with Crippen LogP contribution < -0.4 is 5.32 Å². The number of nitrogens with zero attached hydrogens (tertiary/aromatic N) is 1. The molecule has 1 aliphatic heterocycles. The third kappa shape index (κ3) is 1.42. The van der Waals surface area contributed by atoms with Crippen LogP contribution in [0, 0.1) is 0 Å². The van der Waals surface area contributed by atoms with Crippen LogP contribution in [0.15, 0.2) is 0 Å². The number of nitrogens with one attached hydrogen (secondary N) is 1. The zero-order valence-electron chi connectivity index (χ0n) is 6.55. The van der Waals surface area contributed by atoms with Gasteiger partial charge in [0.05, 0.1) is 7.89 Å². The van der Waals surface area contributed by atoms with E-state index in [1.165, 1.54) is 0 Å². The van der Waals surface area contributed by atoms with Crippen LogP contribution in [-0.2, 0) is 4.79 Å².